The summed E-state index contributed by atoms with van der Waals surface area (Å²) in [7, 11) is 0. The molecule has 0 aliphatic carbocycles. The van der Waals surface area contributed by atoms with Gasteiger partial charge in [0.2, 0.25) is 0 Å². The van der Waals surface area contributed by atoms with Crippen LogP contribution in [0.15, 0.2) is 24.3 Å². The largest absolute Gasteiger partial charge is 0.462 e. The van der Waals surface area contributed by atoms with Gasteiger partial charge in [0.25, 0.3) is 0 Å². The normalized spacial score (nSPS) is 21.6. The summed E-state index contributed by atoms with van der Waals surface area (Å²) in [5, 5.41) is 0. The van der Waals surface area contributed by atoms with Crippen LogP contribution in [0.3, 0.4) is 0 Å². The first-order valence-electron chi connectivity index (χ1n) is 10.4. The van der Waals surface area contributed by atoms with E-state index < -0.39 is 11.9 Å². The van der Waals surface area contributed by atoms with Crippen LogP contribution in [0.4, 0.5) is 0 Å². The molecule has 6 nitrogen and oxygen atoms in total. The average molecular weight is 390 g/mol. The summed E-state index contributed by atoms with van der Waals surface area (Å²) in [6.07, 6.45) is 8.24. The van der Waals surface area contributed by atoms with Crippen molar-refractivity contribution >= 4 is 11.9 Å². The molecule has 0 saturated carbocycles. The molecule has 1 aromatic carbocycles. The number of rotatable bonds is 10. The number of hydrogen-bond donors (Lipinski definition) is 0. The quantitative estimate of drug-likeness (QED) is 0.445. The molecule has 1 aromatic rings. The summed E-state index contributed by atoms with van der Waals surface area (Å²) in [5.41, 5.74) is 0.507. The van der Waals surface area contributed by atoms with Crippen LogP contribution in [-0.2, 0) is 18.9 Å². The molecular weight excluding hydrogens is 360 g/mol. The lowest BCUT2D eigenvalue weighted by molar-refractivity contribution is 0.0418. The van der Waals surface area contributed by atoms with Gasteiger partial charge in [0, 0.05) is 13.2 Å². The predicted molar refractivity (Wildman–Crippen MR) is 103 cm³/mol. The standard InChI is InChI=1S/C22H30O6/c23-21(27-15-5-9-17-7-3-13-25-17)19-11-1-2-12-20(19)22(24)28-16-6-10-18-8-4-14-26-18/h1-2,11-12,17-18H,3-10,13-16H2/t17-,18+. The number of esters is 2. The van der Waals surface area contributed by atoms with Gasteiger partial charge in [-0.1, -0.05) is 12.1 Å². The van der Waals surface area contributed by atoms with Gasteiger partial charge in [-0.15, -0.1) is 0 Å². The highest BCUT2D eigenvalue weighted by Crippen LogP contribution is 2.18. The van der Waals surface area contributed by atoms with Gasteiger partial charge in [-0.05, 0) is 63.5 Å². The fraction of sp³-hybridized carbons (Fsp3) is 0.636. The van der Waals surface area contributed by atoms with Crippen LogP contribution < -0.4 is 0 Å². The van der Waals surface area contributed by atoms with Crippen LogP contribution in [0.2, 0.25) is 0 Å². The zero-order valence-corrected chi connectivity index (χ0v) is 16.4. The molecule has 2 aliphatic rings. The lowest BCUT2D eigenvalue weighted by Crippen LogP contribution is -2.16. The number of carbonyl (C=O) groups excluding carboxylic acids is 2. The summed E-state index contributed by atoms with van der Waals surface area (Å²) in [6, 6.07) is 6.64. The van der Waals surface area contributed by atoms with E-state index in [0.29, 0.717) is 13.2 Å². The third-order valence-corrected chi connectivity index (χ3v) is 5.22. The van der Waals surface area contributed by atoms with E-state index in [1.54, 1.807) is 24.3 Å². The van der Waals surface area contributed by atoms with Crippen LogP contribution in [0, 0.1) is 0 Å². The van der Waals surface area contributed by atoms with Gasteiger partial charge in [-0.2, -0.15) is 0 Å². The minimum atomic E-state index is -0.487. The Morgan fingerprint density at radius 1 is 0.821 bits per heavy atom. The molecule has 0 spiro atoms. The Morgan fingerprint density at radius 3 is 1.68 bits per heavy atom. The molecule has 0 amide bonds. The van der Waals surface area contributed by atoms with Crippen LogP contribution in [0.1, 0.15) is 72.1 Å². The van der Waals surface area contributed by atoms with E-state index in [1.807, 2.05) is 0 Å². The van der Waals surface area contributed by atoms with E-state index in [2.05, 4.69) is 0 Å². The van der Waals surface area contributed by atoms with E-state index >= 15 is 0 Å². The lowest BCUT2D eigenvalue weighted by atomic mass is 10.1. The highest BCUT2D eigenvalue weighted by Gasteiger charge is 2.20. The van der Waals surface area contributed by atoms with Crippen molar-refractivity contribution in [1.29, 1.82) is 0 Å². The van der Waals surface area contributed by atoms with Crippen molar-refractivity contribution in [2.24, 2.45) is 0 Å². The van der Waals surface area contributed by atoms with Crippen LogP contribution in [0.5, 0.6) is 0 Å². The second-order valence-electron chi connectivity index (χ2n) is 7.37. The molecule has 0 N–H and O–H groups in total. The van der Waals surface area contributed by atoms with Crippen molar-refractivity contribution < 1.29 is 28.5 Å². The van der Waals surface area contributed by atoms with Crippen molar-refractivity contribution in [3.63, 3.8) is 0 Å². The van der Waals surface area contributed by atoms with Gasteiger partial charge in [0.05, 0.1) is 36.5 Å². The molecule has 2 fully saturated rings. The maximum Gasteiger partial charge on any atom is 0.339 e. The minimum absolute atomic E-state index is 0.253. The average Bonchev–Trinajstić information content (AvgIpc) is 3.42. The third-order valence-electron chi connectivity index (χ3n) is 5.22. The highest BCUT2D eigenvalue weighted by molar-refractivity contribution is 6.03. The monoisotopic (exact) mass is 390 g/mol. The van der Waals surface area contributed by atoms with E-state index in [4.69, 9.17) is 18.9 Å². The van der Waals surface area contributed by atoms with Gasteiger partial charge in [-0.25, -0.2) is 9.59 Å². The summed E-state index contributed by atoms with van der Waals surface area (Å²) < 4.78 is 21.8. The van der Waals surface area contributed by atoms with Crippen molar-refractivity contribution in [2.75, 3.05) is 26.4 Å². The molecule has 2 saturated heterocycles. The molecule has 2 aliphatic heterocycles. The predicted octanol–water partition coefficient (Wildman–Crippen LogP) is 3.92. The SMILES string of the molecule is O=C(OCCC[C@@H]1CCCO1)c1ccccc1C(=O)OCCC[C@H]1CCCO1. The van der Waals surface area contributed by atoms with Gasteiger partial charge in [0.1, 0.15) is 0 Å². The first kappa shape index (κ1) is 20.8. The Morgan fingerprint density at radius 2 is 1.29 bits per heavy atom. The maximum absolute atomic E-state index is 12.4. The number of benzene rings is 1. The summed E-state index contributed by atoms with van der Waals surface area (Å²) >= 11 is 0. The van der Waals surface area contributed by atoms with Crippen molar-refractivity contribution in [1.82, 2.24) is 0 Å². The molecule has 0 unspecified atom stereocenters. The summed E-state index contributed by atoms with van der Waals surface area (Å²) in [6.45, 7) is 2.30. The van der Waals surface area contributed by atoms with Crippen LogP contribution in [-0.4, -0.2) is 50.6 Å². The topological polar surface area (TPSA) is 71.1 Å². The molecule has 154 valence electrons. The van der Waals surface area contributed by atoms with Crippen molar-refractivity contribution in [2.45, 2.75) is 63.6 Å². The van der Waals surface area contributed by atoms with Gasteiger partial charge in [0.15, 0.2) is 0 Å². The number of hydrogen-bond acceptors (Lipinski definition) is 6. The molecule has 2 atom stereocenters. The molecular formula is C22H30O6. The molecule has 2 heterocycles. The Balaban J connectivity index is 1.41. The van der Waals surface area contributed by atoms with Gasteiger partial charge in [-0.3, -0.25) is 0 Å². The highest BCUT2D eigenvalue weighted by atomic mass is 16.5. The fourth-order valence-corrected chi connectivity index (χ4v) is 3.69. The number of carbonyl (C=O) groups is 2. The second-order valence-corrected chi connectivity index (χ2v) is 7.37. The van der Waals surface area contributed by atoms with Crippen molar-refractivity contribution in [3.8, 4) is 0 Å². The summed E-state index contributed by atoms with van der Waals surface area (Å²) in [4.78, 5) is 24.8. The van der Waals surface area contributed by atoms with E-state index in [9.17, 15) is 9.59 Å². The molecule has 0 aromatic heterocycles. The fourth-order valence-electron chi connectivity index (χ4n) is 3.69. The van der Waals surface area contributed by atoms with Gasteiger partial charge < -0.3 is 18.9 Å². The van der Waals surface area contributed by atoms with Crippen LogP contribution >= 0.6 is 0 Å². The Kier molecular flexibility index (Phi) is 8.30. The minimum Gasteiger partial charge on any atom is -0.462 e. The maximum atomic E-state index is 12.4. The molecule has 0 bridgehead atoms. The zero-order valence-electron chi connectivity index (χ0n) is 16.4. The summed E-state index contributed by atoms with van der Waals surface area (Å²) in [5.74, 6) is -0.974. The van der Waals surface area contributed by atoms with E-state index in [0.717, 1.165) is 64.6 Å². The zero-order chi connectivity index (χ0) is 19.6. The third kappa shape index (κ3) is 6.31. The number of ether oxygens (including phenoxy) is 4. The molecule has 6 heteroatoms. The van der Waals surface area contributed by atoms with Gasteiger partial charge >= 0.3 is 11.9 Å². The van der Waals surface area contributed by atoms with E-state index in [1.165, 1.54) is 0 Å². The molecule has 28 heavy (non-hydrogen) atoms. The first-order valence-corrected chi connectivity index (χ1v) is 10.4. The first-order chi connectivity index (χ1) is 13.7. The van der Waals surface area contributed by atoms with Crippen molar-refractivity contribution in [3.05, 3.63) is 35.4 Å². The van der Waals surface area contributed by atoms with Crippen LogP contribution in [0.25, 0.3) is 0 Å². The Labute approximate surface area is 166 Å². The molecule has 3 rings (SSSR count). The molecule has 0 radical (unpaired) electrons. The Hall–Kier alpha value is -1.92. The Bertz CT molecular complexity index is 577. The second kappa shape index (κ2) is 11.2. The van der Waals surface area contributed by atoms with E-state index in [-0.39, 0.29) is 23.3 Å². The lowest BCUT2D eigenvalue weighted by Gasteiger charge is -2.12. The smallest absolute Gasteiger partial charge is 0.339 e.